The first-order chi connectivity index (χ1) is 9.38. The van der Waals surface area contributed by atoms with Crippen molar-refractivity contribution < 1.29 is 0 Å². The second kappa shape index (κ2) is 7.57. The molecule has 0 atom stereocenters. The van der Waals surface area contributed by atoms with Crippen molar-refractivity contribution in [2.45, 2.75) is 39.2 Å². The van der Waals surface area contributed by atoms with Gasteiger partial charge in [-0.25, -0.2) is 0 Å². The van der Waals surface area contributed by atoms with Crippen LogP contribution in [0.4, 0.5) is 5.69 Å². The minimum Gasteiger partial charge on any atom is -0.379 e. The molecule has 0 saturated carbocycles. The lowest BCUT2D eigenvalue weighted by Crippen LogP contribution is -2.01. The Balaban J connectivity index is 1.81. The average Bonchev–Trinajstić information content (AvgIpc) is 2.48. The lowest BCUT2D eigenvalue weighted by atomic mass is 10.1. The van der Waals surface area contributed by atoms with Crippen LogP contribution in [-0.2, 0) is 13.0 Å². The Bertz CT molecular complexity index is 462. The van der Waals surface area contributed by atoms with Crippen molar-refractivity contribution in [3.05, 3.63) is 59.9 Å². The van der Waals surface area contributed by atoms with E-state index in [1.165, 1.54) is 31.2 Å². The molecule has 0 aliphatic rings. The number of nitrogens with one attached hydrogen (secondary N) is 1. The predicted molar refractivity (Wildman–Crippen MR) is 81.2 cm³/mol. The first kappa shape index (κ1) is 13.6. The molecule has 0 radical (unpaired) electrons. The first-order valence-corrected chi connectivity index (χ1v) is 7.11. The van der Waals surface area contributed by atoms with Gasteiger partial charge in [0.2, 0.25) is 0 Å². The highest BCUT2D eigenvalue weighted by atomic mass is 14.9. The molecule has 19 heavy (non-hydrogen) atoms. The van der Waals surface area contributed by atoms with Crippen LogP contribution in [0.3, 0.4) is 0 Å². The molecule has 2 nitrogen and oxygen atoms in total. The highest BCUT2D eigenvalue weighted by molar-refractivity contribution is 5.44. The average molecular weight is 254 g/mol. The van der Waals surface area contributed by atoms with Crippen molar-refractivity contribution in [1.29, 1.82) is 0 Å². The summed E-state index contributed by atoms with van der Waals surface area (Å²) in [5, 5.41) is 3.39. The Morgan fingerprint density at radius 1 is 1.00 bits per heavy atom. The van der Waals surface area contributed by atoms with Crippen molar-refractivity contribution in [1.82, 2.24) is 4.98 Å². The molecule has 100 valence electrons. The summed E-state index contributed by atoms with van der Waals surface area (Å²) in [6.07, 6.45) is 6.91. The number of hydrogen-bond acceptors (Lipinski definition) is 2. The third-order valence-corrected chi connectivity index (χ3v) is 3.22. The summed E-state index contributed by atoms with van der Waals surface area (Å²) in [7, 11) is 0. The molecule has 1 aromatic heterocycles. The van der Waals surface area contributed by atoms with Crippen molar-refractivity contribution >= 4 is 5.69 Å². The molecule has 0 aliphatic heterocycles. The number of unbranched alkanes of at least 4 members (excludes halogenated alkanes) is 2. The SMILES string of the molecule is CCCCCc1ccc(NCc2ccccn2)cc1. The minimum atomic E-state index is 0.774. The third kappa shape index (κ3) is 4.74. The second-order valence-corrected chi connectivity index (χ2v) is 4.83. The lowest BCUT2D eigenvalue weighted by molar-refractivity contribution is 0.717. The second-order valence-electron chi connectivity index (χ2n) is 4.83. The standard InChI is InChI=1S/C17H22N2/c1-2-3-4-7-15-9-11-16(12-10-15)19-14-17-8-5-6-13-18-17/h5-6,8-13,19H,2-4,7,14H2,1H3. The van der Waals surface area contributed by atoms with Gasteiger partial charge in [-0.15, -0.1) is 0 Å². The van der Waals surface area contributed by atoms with E-state index in [0.717, 1.165) is 17.9 Å². The van der Waals surface area contributed by atoms with Gasteiger partial charge in [0, 0.05) is 11.9 Å². The molecule has 2 aromatic rings. The highest BCUT2D eigenvalue weighted by Crippen LogP contribution is 2.13. The number of hydrogen-bond donors (Lipinski definition) is 1. The largest absolute Gasteiger partial charge is 0.379 e. The molecule has 0 bridgehead atoms. The summed E-state index contributed by atoms with van der Waals surface area (Å²) in [4.78, 5) is 4.30. The number of anilines is 1. The van der Waals surface area contributed by atoms with Gasteiger partial charge in [0.25, 0.3) is 0 Å². The van der Waals surface area contributed by atoms with Crippen LogP contribution >= 0.6 is 0 Å². The van der Waals surface area contributed by atoms with E-state index in [0.29, 0.717) is 0 Å². The van der Waals surface area contributed by atoms with Gasteiger partial charge in [-0.2, -0.15) is 0 Å². The van der Waals surface area contributed by atoms with Gasteiger partial charge in [-0.3, -0.25) is 4.98 Å². The van der Waals surface area contributed by atoms with E-state index >= 15 is 0 Å². The van der Waals surface area contributed by atoms with Gasteiger partial charge in [-0.05, 0) is 42.7 Å². The Kier molecular flexibility index (Phi) is 5.42. The highest BCUT2D eigenvalue weighted by Gasteiger charge is 1.96. The Hall–Kier alpha value is -1.83. The normalized spacial score (nSPS) is 10.4. The maximum atomic E-state index is 4.30. The number of pyridine rings is 1. The zero-order chi connectivity index (χ0) is 13.3. The summed E-state index contributed by atoms with van der Waals surface area (Å²) < 4.78 is 0. The number of aryl methyl sites for hydroxylation is 1. The molecule has 0 aliphatic carbocycles. The summed E-state index contributed by atoms with van der Waals surface area (Å²) >= 11 is 0. The number of benzene rings is 1. The monoisotopic (exact) mass is 254 g/mol. The minimum absolute atomic E-state index is 0.774. The molecule has 0 unspecified atom stereocenters. The fourth-order valence-electron chi connectivity index (χ4n) is 2.06. The smallest absolute Gasteiger partial charge is 0.0594 e. The van der Waals surface area contributed by atoms with E-state index in [4.69, 9.17) is 0 Å². The zero-order valence-electron chi connectivity index (χ0n) is 11.6. The number of nitrogens with zero attached hydrogens (tertiary/aromatic N) is 1. The summed E-state index contributed by atoms with van der Waals surface area (Å²) in [5.41, 5.74) is 3.65. The Morgan fingerprint density at radius 2 is 1.84 bits per heavy atom. The van der Waals surface area contributed by atoms with E-state index in [9.17, 15) is 0 Å². The maximum absolute atomic E-state index is 4.30. The van der Waals surface area contributed by atoms with Crippen molar-refractivity contribution in [3.63, 3.8) is 0 Å². The van der Waals surface area contributed by atoms with Crippen molar-refractivity contribution in [2.24, 2.45) is 0 Å². The molecule has 1 aromatic carbocycles. The van der Waals surface area contributed by atoms with Crippen LogP contribution in [-0.4, -0.2) is 4.98 Å². The maximum Gasteiger partial charge on any atom is 0.0594 e. The molecular weight excluding hydrogens is 232 g/mol. The molecular formula is C17H22N2. The van der Waals surface area contributed by atoms with Crippen molar-refractivity contribution in [2.75, 3.05) is 5.32 Å². The molecule has 0 spiro atoms. The molecule has 1 heterocycles. The van der Waals surface area contributed by atoms with E-state index in [2.05, 4.69) is 41.5 Å². The zero-order valence-corrected chi connectivity index (χ0v) is 11.6. The molecule has 2 heteroatoms. The van der Waals surface area contributed by atoms with Crippen LogP contribution < -0.4 is 5.32 Å². The van der Waals surface area contributed by atoms with Gasteiger partial charge < -0.3 is 5.32 Å². The van der Waals surface area contributed by atoms with Crippen molar-refractivity contribution in [3.8, 4) is 0 Å². The summed E-state index contributed by atoms with van der Waals surface area (Å²) in [5.74, 6) is 0. The predicted octanol–water partition coefficient (Wildman–Crippen LogP) is 4.43. The van der Waals surface area contributed by atoms with Crippen LogP contribution in [0.5, 0.6) is 0 Å². The van der Waals surface area contributed by atoms with E-state index < -0.39 is 0 Å². The Labute approximate surface area is 115 Å². The van der Waals surface area contributed by atoms with Crippen LogP contribution in [0.25, 0.3) is 0 Å². The molecule has 0 amide bonds. The van der Waals surface area contributed by atoms with Crippen LogP contribution in [0, 0.1) is 0 Å². The van der Waals surface area contributed by atoms with Gasteiger partial charge in [-0.1, -0.05) is 38.0 Å². The van der Waals surface area contributed by atoms with Crippen LogP contribution in [0.1, 0.15) is 37.4 Å². The number of aromatic nitrogens is 1. The Morgan fingerprint density at radius 3 is 2.53 bits per heavy atom. The summed E-state index contributed by atoms with van der Waals surface area (Å²) in [6, 6.07) is 14.7. The quantitative estimate of drug-likeness (QED) is 0.739. The van der Waals surface area contributed by atoms with Crippen LogP contribution in [0.15, 0.2) is 48.7 Å². The van der Waals surface area contributed by atoms with Gasteiger partial charge in [0.15, 0.2) is 0 Å². The van der Waals surface area contributed by atoms with Gasteiger partial charge >= 0.3 is 0 Å². The fourth-order valence-corrected chi connectivity index (χ4v) is 2.06. The van der Waals surface area contributed by atoms with Gasteiger partial charge in [0.05, 0.1) is 12.2 Å². The van der Waals surface area contributed by atoms with Gasteiger partial charge in [0.1, 0.15) is 0 Å². The molecule has 0 saturated heterocycles. The molecule has 0 fully saturated rings. The topological polar surface area (TPSA) is 24.9 Å². The van der Waals surface area contributed by atoms with E-state index in [-0.39, 0.29) is 0 Å². The van der Waals surface area contributed by atoms with Crippen LogP contribution in [0.2, 0.25) is 0 Å². The first-order valence-electron chi connectivity index (χ1n) is 7.11. The summed E-state index contributed by atoms with van der Waals surface area (Å²) in [6.45, 7) is 3.01. The van der Waals surface area contributed by atoms with E-state index in [1.54, 1.807) is 0 Å². The lowest BCUT2D eigenvalue weighted by Gasteiger charge is -2.07. The fraction of sp³-hybridized carbons (Fsp3) is 0.353. The molecule has 2 rings (SSSR count). The molecule has 1 N–H and O–H groups in total. The number of rotatable bonds is 7. The third-order valence-electron chi connectivity index (χ3n) is 3.22. The van der Waals surface area contributed by atoms with E-state index in [1.807, 2.05) is 24.4 Å².